The summed E-state index contributed by atoms with van der Waals surface area (Å²) < 4.78 is 32.6. The Hall–Kier alpha value is -2.34. The molecule has 0 fully saturated rings. The normalized spacial score (nSPS) is 21.5. The highest BCUT2D eigenvalue weighted by atomic mass is 32.2. The summed E-state index contributed by atoms with van der Waals surface area (Å²) >= 11 is 0. The fourth-order valence-electron chi connectivity index (χ4n) is 3.37. The molecule has 0 aliphatic carbocycles. The maximum absolute atomic E-state index is 13.0. The Balaban J connectivity index is 1.90. The van der Waals surface area contributed by atoms with E-state index in [4.69, 9.17) is 4.74 Å². The summed E-state index contributed by atoms with van der Waals surface area (Å²) in [6, 6.07) is 11.8. The van der Waals surface area contributed by atoms with E-state index in [1.54, 1.807) is 31.2 Å². The standard InChI is InChI=1S/C17H15NO4S/c1-11-5-4-7-13-16(11)23(20,21)18(17(13)19)14-9-10-22-15-8-3-2-6-12(14)15/h2-8,14H,9-10H2,1H3. The van der Waals surface area contributed by atoms with Crippen LogP contribution < -0.4 is 4.74 Å². The quantitative estimate of drug-likeness (QED) is 0.807. The number of fused-ring (bicyclic) bond motifs is 2. The third-order valence-electron chi connectivity index (χ3n) is 4.37. The first-order chi connectivity index (χ1) is 11.0. The molecule has 2 aromatic carbocycles. The first-order valence-electron chi connectivity index (χ1n) is 7.42. The molecule has 23 heavy (non-hydrogen) atoms. The molecule has 0 spiro atoms. The molecule has 4 rings (SSSR count). The van der Waals surface area contributed by atoms with Gasteiger partial charge in [0.15, 0.2) is 0 Å². The van der Waals surface area contributed by atoms with Crippen molar-refractivity contribution in [2.45, 2.75) is 24.3 Å². The molecule has 6 heteroatoms. The monoisotopic (exact) mass is 329 g/mol. The molecule has 2 aliphatic heterocycles. The summed E-state index contributed by atoms with van der Waals surface area (Å²) in [7, 11) is -3.84. The van der Waals surface area contributed by atoms with E-state index in [9.17, 15) is 13.2 Å². The summed E-state index contributed by atoms with van der Waals surface area (Å²) in [5, 5.41) is 0. The lowest BCUT2D eigenvalue weighted by Gasteiger charge is -2.31. The molecule has 0 bridgehead atoms. The van der Waals surface area contributed by atoms with Gasteiger partial charge in [-0.25, -0.2) is 12.7 Å². The van der Waals surface area contributed by atoms with Gasteiger partial charge in [0.1, 0.15) is 10.6 Å². The summed E-state index contributed by atoms with van der Waals surface area (Å²) in [5.41, 5.74) is 1.59. The van der Waals surface area contributed by atoms with Crippen molar-refractivity contribution >= 4 is 15.9 Å². The molecular weight excluding hydrogens is 314 g/mol. The minimum Gasteiger partial charge on any atom is -0.493 e. The molecule has 2 aliphatic rings. The molecular formula is C17H15NO4S. The van der Waals surface area contributed by atoms with E-state index in [0.717, 1.165) is 9.87 Å². The molecule has 118 valence electrons. The van der Waals surface area contributed by atoms with Crippen molar-refractivity contribution in [3.8, 4) is 5.75 Å². The molecule has 1 amide bonds. The number of benzene rings is 2. The van der Waals surface area contributed by atoms with Crippen LogP contribution in [0.3, 0.4) is 0 Å². The number of para-hydroxylation sites is 1. The summed E-state index contributed by atoms with van der Waals surface area (Å²) in [6.07, 6.45) is 0.453. The van der Waals surface area contributed by atoms with Crippen molar-refractivity contribution in [3.05, 3.63) is 59.2 Å². The third-order valence-corrected chi connectivity index (χ3v) is 6.37. The summed E-state index contributed by atoms with van der Waals surface area (Å²) in [5.74, 6) is 0.185. The molecule has 5 nitrogen and oxygen atoms in total. The molecule has 2 aromatic rings. The number of aryl methyl sites for hydroxylation is 1. The second kappa shape index (κ2) is 4.83. The van der Waals surface area contributed by atoms with Gasteiger partial charge in [-0.15, -0.1) is 0 Å². The van der Waals surface area contributed by atoms with Crippen molar-refractivity contribution in [1.29, 1.82) is 0 Å². The predicted molar refractivity (Wildman–Crippen MR) is 83.8 cm³/mol. The Morgan fingerprint density at radius 1 is 1.13 bits per heavy atom. The average molecular weight is 329 g/mol. The van der Waals surface area contributed by atoms with Crippen molar-refractivity contribution in [1.82, 2.24) is 4.31 Å². The first kappa shape index (κ1) is 14.3. The van der Waals surface area contributed by atoms with E-state index in [2.05, 4.69) is 0 Å². The Morgan fingerprint density at radius 3 is 2.70 bits per heavy atom. The van der Waals surface area contributed by atoms with E-state index in [1.807, 2.05) is 18.2 Å². The molecule has 0 saturated carbocycles. The van der Waals surface area contributed by atoms with Crippen LogP contribution in [-0.2, 0) is 10.0 Å². The van der Waals surface area contributed by atoms with Gasteiger partial charge >= 0.3 is 0 Å². The number of nitrogens with zero attached hydrogens (tertiary/aromatic N) is 1. The third kappa shape index (κ3) is 1.91. The number of amides is 1. The van der Waals surface area contributed by atoms with E-state index >= 15 is 0 Å². The Labute approximate surface area is 134 Å². The zero-order valence-corrected chi connectivity index (χ0v) is 13.3. The van der Waals surface area contributed by atoms with Crippen LogP contribution in [0.5, 0.6) is 5.75 Å². The topological polar surface area (TPSA) is 63.7 Å². The van der Waals surface area contributed by atoms with Gasteiger partial charge in [0, 0.05) is 12.0 Å². The summed E-state index contributed by atoms with van der Waals surface area (Å²) in [4.78, 5) is 12.9. The molecule has 1 unspecified atom stereocenters. The lowest BCUT2D eigenvalue weighted by Crippen LogP contribution is -2.37. The highest BCUT2D eigenvalue weighted by molar-refractivity contribution is 7.90. The van der Waals surface area contributed by atoms with Gasteiger partial charge in [-0.3, -0.25) is 4.79 Å². The van der Waals surface area contributed by atoms with Crippen LogP contribution in [0.2, 0.25) is 0 Å². The number of carbonyl (C=O) groups is 1. The fraction of sp³-hybridized carbons (Fsp3) is 0.235. The van der Waals surface area contributed by atoms with Gasteiger partial charge in [0.25, 0.3) is 15.9 Å². The van der Waals surface area contributed by atoms with Crippen molar-refractivity contribution in [3.63, 3.8) is 0 Å². The SMILES string of the molecule is Cc1cccc2c1S(=O)(=O)N(C1CCOc3ccccc31)C2=O. The molecule has 2 heterocycles. The zero-order valence-electron chi connectivity index (χ0n) is 12.5. The molecule has 0 N–H and O–H groups in total. The number of hydrogen-bond acceptors (Lipinski definition) is 4. The number of hydrogen-bond donors (Lipinski definition) is 0. The highest BCUT2D eigenvalue weighted by Gasteiger charge is 2.47. The Bertz CT molecular complexity index is 920. The molecule has 0 radical (unpaired) electrons. The van der Waals surface area contributed by atoms with E-state index in [-0.39, 0.29) is 10.5 Å². The summed E-state index contributed by atoms with van der Waals surface area (Å²) in [6.45, 7) is 2.10. The average Bonchev–Trinajstić information content (AvgIpc) is 2.74. The largest absolute Gasteiger partial charge is 0.493 e. The second-order valence-electron chi connectivity index (χ2n) is 5.75. The number of rotatable bonds is 1. The predicted octanol–water partition coefficient (Wildman–Crippen LogP) is 2.66. The molecule has 0 aromatic heterocycles. The Morgan fingerprint density at radius 2 is 1.91 bits per heavy atom. The molecule has 0 saturated heterocycles. The van der Waals surface area contributed by atoms with Gasteiger partial charge in [0.05, 0.1) is 18.2 Å². The first-order valence-corrected chi connectivity index (χ1v) is 8.86. The second-order valence-corrected chi connectivity index (χ2v) is 7.50. The Kier molecular flexibility index (Phi) is 2.99. The number of ether oxygens (including phenoxy) is 1. The minimum absolute atomic E-state index is 0.133. The van der Waals surface area contributed by atoms with Gasteiger partial charge in [-0.1, -0.05) is 30.3 Å². The van der Waals surface area contributed by atoms with E-state index in [1.165, 1.54) is 0 Å². The van der Waals surface area contributed by atoms with Crippen LogP contribution in [0, 0.1) is 6.92 Å². The van der Waals surface area contributed by atoms with Crippen molar-refractivity contribution in [2.24, 2.45) is 0 Å². The van der Waals surface area contributed by atoms with E-state index in [0.29, 0.717) is 24.3 Å². The van der Waals surface area contributed by atoms with Gasteiger partial charge in [0.2, 0.25) is 0 Å². The van der Waals surface area contributed by atoms with E-state index < -0.39 is 22.0 Å². The maximum Gasteiger partial charge on any atom is 0.269 e. The molecule has 1 atom stereocenters. The van der Waals surface area contributed by atoms with Crippen LogP contribution in [0.4, 0.5) is 0 Å². The van der Waals surface area contributed by atoms with Crippen molar-refractivity contribution in [2.75, 3.05) is 6.61 Å². The van der Waals surface area contributed by atoms with Gasteiger partial charge in [-0.05, 0) is 24.6 Å². The maximum atomic E-state index is 13.0. The van der Waals surface area contributed by atoms with Gasteiger partial charge in [-0.2, -0.15) is 0 Å². The number of sulfonamides is 1. The van der Waals surface area contributed by atoms with Crippen LogP contribution in [0.1, 0.15) is 33.9 Å². The van der Waals surface area contributed by atoms with Crippen molar-refractivity contribution < 1.29 is 17.9 Å². The smallest absolute Gasteiger partial charge is 0.269 e. The van der Waals surface area contributed by atoms with Crippen LogP contribution in [0.15, 0.2) is 47.4 Å². The number of carbonyl (C=O) groups excluding carboxylic acids is 1. The fourth-order valence-corrected chi connectivity index (χ4v) is 5.34. The lowest BCUT2D eigenvalue weighted by molar-refractivity contribution is 0.0804. The highest BCUT2D eigenvalue weighted by Crippen LogP contribution is 2.43. The minimum atomic E-state index is -3.84. The van der Waals surface area contributed by atoms with Gasteiger partial charge < -0.3 is 4.74 Å². The van der Waals surface area contributed by atoms with Crippen LogP contribution in [0.25, 0.3) is 0 Å². The van der Waals surface area contributed by atoms with Crippen LogP contribution in [-0.4, -0.2) is 25.2 Å². The zero-order chi connectivity index (χ0) is 16.2. The lowest BCUT2D eigenvalue weighted by atomic mass is 10.00. The van der Waals surface area contributed by atoms with Crippen LogP contribution >= 0.6 is 0 Å².